The van der Waals surface area contributed by atoms with Gasteiger partial charge in [-0.3, -0.25) is 9.59 Å². The molecule has 1 aliphatic carbocycles. The number of fused-ring (bicyclic) bond motifs is 3. The van der Waals surface area contributed by atoms with E-state index in [1.54, 1.807) is 13.8 Å². The Hall–Kier alpha value is -3.08. The topological polar surface area (TPSA) is 64.6 Å². The van der Waals surface area contributed by atoms with E-state index >= 15 is 0 Å². The van der Waals surface area contributed by atoms with Crippen LogP contribution in [0.3, 0.4) is 0 Å². The monoisotopic (exact) mass is 419 g/mol. The summed E-state index contributed by atoms with van der Waals surface area (Å²) in [5.41, 5.74) is 1.20. The zero-order valence-electron chi connectivity index (χ0n) is 18.1. The highest BCUT2D eigenvalue weighted by molar-refractivity contribution is 6.03. The maximum atomic E-state index is 13.4. The lowest BCUT2D eigenvalue weighted by atomic mass is 9.63. The fourth-order valence-electron chi connectivity index (χ4n) is 5.69. The van der Waals surface area contributed by atoms with Crippen molar-refractivity contribution < 1.29 is 19.1 Å². The van der Waals surface area contributed by atoms with Crippen molar-refractivity contribution in [2.75, 3.05) is 18.5 Å². The number of benzene rings is 2. The molecule has 3 atom stereocenters. The first-order chi connectivity index (χ1) is 15.1. The predicted molar refractivity (Wildman–Crippen MR) is 120 cm³/mol. The molecule has 31 heavy (non-hydrogen) atoms. The van der Waals surface area contributed by atoms with E-state index in [-0.39, 0.29) is 19.1 Å². The molecule has 0 bridgehead atoms. The highest BCUT2D eigenvalue weighted by Crippen LogP contribution is 2.63. The lowest BCUT2D eigenvalue weighted by Gasteiger charge is -2.40. The molecule has 0 amide bonds. The third kappa shape index (κ3) is 2.98. The van der Waals surface area contributed by atoms with Gasteiger partial charge < -0.3 is 14.8 Å². The van der Waals surface area contributed by atoms with Gasteiger partial charge in [0, 0.05) is 17.0 Å². The number of nitrogens with one attached hydrogen (secondary N) is 1. The summed E-state index contributed by atoms with van der Waals surface area (Å²) >= 11 is 0. The first kappa shape index (κ1) is 21.2. The van der Waals surface area contributed by atoms with Gasteiger partial charge in [0.05, 0.1) is 19.3 Å². The summed E-state index contributed by atoms with van der Waals surface area (Å²) in [6.45, 7) is 8.08. The van der Waals surface area contributed by atoms with Crippen LogP contribution in [-0.4, -0.2) is 31.2 Å². The van der Waals surface area contributed by atoms with Crippen LogP contribution in [0.1, 0.15) is 43.7 Å². The van der Waals surface area contributed by atoms with Gasteiger partial charge in [0.1, 0.15) is 0 Å². The van der Waals surface area contributed by atoms with E-state index in [9.17, 15) is 9.59 Å². The molecule has 4 rings (SSSR count). The highest BCUT2D eigenvalue weighted by atomic mass is 16.6. The zero-order chi connectivity index (χ0) is 22.1. The van der Waals surface area contributed by atoms with Crippen molar-refractivity contribution in [2.24, 2.45) is 5.41 Å². The fourth-order valence-corrected chi connectivity index (χ4v) is 5.69. The molecule has 5 heteroatoms. The number of esters is 2. The largest absolute Gasteiger partial charge is 0.465 e. The second-order valence-electron chi connectivity index (χ2n) is 8.20. The maximum Gasteiger partial charge on any atom is 0.325 e. The van der Waals surface area contributed by atoms with Crippen molar-refractivity contribution in [3.63, 3.8) is 0 Å². The van der Waals surface area contributed by atoms with Gasteiger partial charge in [-0.25, -0.2) is 0 Å². The van der Waals surface area contributed by atoms with Gasteiger partial charge in [-0.1, -0.05) is 54.6 Å². The third-order valence-electron chi connectivity index (χ3n) is 6.90. The molecule has 1 aliphatic heterocycles. The molecule has 1 heterocycles. The molecule has 0 saturated heterocycles. The van der Waals surface area contributed by atoms with Gasteiger partial charge in [0.2, 0.25) is 0 Å². The maximum absolute atomic E-state index is 13.4. The van der Waals surface area contributed by atoms with Gasteiger partial charge in [-0.05, 0) is 43.9 Å². The minimum atomic E-state index is -1.42. The van der Waals surface area contributed by atoms with E-state index < -0.39 is 28.8 Å². The highest BCUT2D eigenvalue weighted by Gasteiger charge is 2.71. The van der Waals surface area contributed by atoms with E-state index in [4.69, 9.17) is 9.47 Å². The van der Waals surface area contributed by atoms with Crippen molar-refractivity contribution in [1.82, 2.24) is 0 Å². The van der Waals surface area contributed by atoms with Crippen LogP contribution >= 0.6 is 0 Å². The van der Waals surface area contributed by atoms with Crippen LogP contribution in [0.4, 0.5) is 5.69 Å². The number of ether oxygens (including phenoxy) is 2. The number of para-hydroxylation sites is 1. The quantitative estimate of drug-likeness (QED) is 0.404. The van der Waals surface area contributed by atoms with E-state index in [1.807, 2.05) is 42.5 Å². The molecule has 2 aliphatic rings. The first-order valence-electron chi connectivity index (χ1n) is 10.9. The van der Waals surface area contributed by atoms with E-state index in [0.717, 1.165) is 16.8 Å². The molecule has 2 aromatic rings. The Labute approximate surface area is 183 Å². The van der Waals surface area contributed by atoms with Crippen LogP contribution in [0.2, 0.25) is 0 Å². The Balaban J connectivity index is 1.94. The Morgan fingerprint density at radius 1 is 1.03 bits per heavy atom. The van der Waals surface area contributed by atoms with Crippen LogP contribution in [0.15, 0.2) is 67.3 Å². The average molecular weight is 420 g/mol. The summed E-state index contributed by atoms with van der Waals surface area (Å²) in [6.07, 6.45) is 2.93. The number of allylic oxidation sites excluding steroid dienone is 1. The van der Waals surface area contributed by atoms with E-state index in [1.165, 1.54) is 0 Å². The molecule has 5 nitrogen and oxygen atoms in total. The lowest BCUT2D eigenvalue weighted by molar-refractivity contribution is -0.172. The molecule has 1 saturated carbocycles. The second-order valence-corrected chi connectivity index (χ2v) is 8.20. The Kier molecular flexibility index (Phi) is 5.61. The van der Waals surface area contributed by atoms with Crippen molar-refractivity contribution >= 4 is 17.6 Å². The van der Waals surface area contributed by atoms with Gasteiger partial charge >= 0.3 is 11.9 Å². The Bertz CT molecular complexity index is 968. The number of hydrogen-bond acceptors (Lipinski definition) is 5. The third-order valence-corrected chi connectivity index (χ3v) is 6.90. The molecule has 0 spiro atoms. The number of carbonyl (C=O) groups is 2. The second kappa shape index (κ2) is 8.22. The summed E-state index contributed by atoms with van der Waals surface area (Å²) < 4.78 is 10.9. The SMILES string of the molecule is C=C[C@@H](c1ccccc1)[C@@]12CCC(C(=O)OCC)(C(=O)OCC)[C@@H]1Nc1ccccc12. The van der Waals surface area contributed by atoms with E-state index in [2.05, 4.69) is 30.1 Å². The van der Waals surface area contributed by atoms with Crippen LogP contribution in [0, 0.1) is 5.41 Å². The number of rotatable bonds is 7. The summed E-state index contributed by atoms with van der Waals surface area (Å²) in [5.74, 6) is -1.13. The lowest BCUT2D eigenvalue weighted by Crippen LogP contribution is -2.55. The minimum Gasteiger partial charge on any atom is -0.465 e. The van der Waals surface area contributed by atoms with Crippen LogP contribution < -0.4 is 5.32 Å². The summed E-state index contributed by atoms with van der Waals surface area (Å²) in [5, 5.41) is 3.54. The first-order valence-corrected chi connectivity index (χ1v) is 10.9. The van der Waals surface area contributed by atoms with Crippen molar-refractivity contribution in [3.05, 3.63) is 78.4 Å². The minimum absolute atomic E-state index is 0.0967. The number of hydrogen-bond donors (Lipinski definition) is 1. The molecular weight excluding hydrogens is 390 g/mol. The van der Waals surface area contributed by atoms with Crippen LogP contribution in [0.25, 0.3) is 0 Å². The van der Waals surface area contributed by atoms with Gasteiger partial charge in [-0.15, -0.1) is 6.58 Å². The van der Waals surface area contributed by atoms with Gasteiger partial charge in [0.25, 0.3) is 0 Å². The smallest absolute Gasteiger partial charge is 0.325 e. The van der Waals surface area contributed by atoms with Crippen molar-refractivity contribution in [1.29, 1.82) is 0 Å². The normalized spacial score (nSPS) is 23.7. The molecule has 2 aromatic carbocycles. The zero-order valence-corrected chi connectivity index (χ0v) is 18.1. The number of carbonyl (C=O) groups excluding carboxylic acids is 2. The summed E-state index contributed by atoms with van der Waals surface area (Å²) in [7, 11) is 0. The van der Waals surface area contributed by atoms with Crippen molar-refractivity contribution in [2.45, 2.75) is 44.1 Å². The number of anilines is 1. The molecule has 1 N–H and O–H groups in total. The predicted octanol–water partition coefficient (Wildman–Crippen LogP) is 4.59. The molecular formula is C26H29NO4. The Morgan fingerprint density at radius 2 is 1.65 bits per heavy atom. The summed E-state index contributed by atoms with van der Waals surface area (Å²) in [6, 6.07) is 17.7. The Morgan fingerprint density at radius 3 is 2.26 bits per heavy atom. The molecule has 0 unspecified atom stereocenters. The van der Waals surface area contributed by atoms with Crippen LogP contribution in [0.5, 0.6) is 0 Å². The van der Waals surface area contributed by atoms with E-state index in [0.29, 0.717) is 12.8 Å². The summed E-state index contributed by atoms with van der Waals surface area (Å²) in [4.78, 5) is 26.8. The molecule has 162 valence electrons. The fraction of sp³-hybridized carbons (Fsp3) is 0.385. The van der Waals surface area contributed by atoms with Gasteiger partial charge in [0.15, 0.2) is 5.41 Å². The van der Waals surface area contributed by atoms with Gasteiger partial charge in [-0.2, -0.15) is 0 Å². The standard InChI is InChI=1S/C26H29NO4/c1-4-19(18-12-8-7-9-13-18)25-16-17-26(23(28)30-5-2,24(29)31-6-3)22(25)27-21-15-11-10-14-20(21)25/h4,7-15,19,22,27H,1,5-6,16-17H2,2-3H3/t19-,22+,25+/m0/s1. The van der Waals surface area contributed by atoms with Crippen molar-refractivity contribution in [3.8, 4) is 0 Å². The van der Waals surface area contributed by atoms with Crippen LogP contribution in [-0.2, 0) is 24.5 Å². The molecule has 0 aromatic heterocycles. The average Bonchev–Trinajstić information content (AvgIpc) is 3.29. The molecule has 1 fully saturated rings. The molecule has 0 radical (unpaired) electrons.